The van der Waals surface area contributed by atoms with Gasteiger partial charge >= 0.3 is 0 Å². The van der Waals surface area contributed by atoms with Gasteiger partial charge in [0.05, 0.1) is 0 Å². The molecule has 1 aromatic rings. The molecule has 1 aliphatic heterocycles. The number of rotatable bonds is 4. The van der Waals surface area contributed by atoms with Gasteiger partial charge < -0.3 is 10.1 Å². The van der Waals surface area contributed by atoms with Crippen LogP contribution in [0.15, 0.2) is 28.7 Å². The summed E-state index contributed by atoms with van der Waals surface area (Å²) in [5.41, 5.74) is -0.169. The van der Waals surface area contributed by atoms with E-state index in [1.807, 2.05) is 24.3 Å². The van der Waals surface area contributed by atoms with E-state index in [-0.39, 0.29) is 5.60 Å². The second kappa shape index (κ2) is 6.04. The molecule has 1 heterocycles. The van der Waals surface area contributed by atoms with Crippen molar-refractivity contribution in [3.05, 3.63) is 28.7 Å². The third-order valence-electron chi connectivity index (χ3n) is 3.00. The van der Waals surface area contributed by atoms with Gasteiger partial charge in [-0.2, -0.15) is 0 Å². The molecule has 0 bridgehead atoms. The lowest BCUT2D eigenvalue weighted by molar-refractivity contribution is 0.0547. The van der Waals surface area contributed by atoms with Crippen molar-refractivity contribution in [3.8, 4) is 5.75 Å². The minimum atomic E-state index is -0.169. The van der Waals surface area contributed by atoms with Crippen molar-refractivity contribution in [1.82, 2.24) is 10.2 Å². The van der Waals surface area contributed by atoms with Crippen LogP contribution in [0.3, 0.4) is 0 Å². The highest BCUT2D eigenvalue weighted by Crippen LogP contribution is 2.23. The van der Waals surface area contributed by atoms with Gasteiger partial charge in [-0.3, -0.25) is 4.90 Å². The molecule has 1 aromatic carbocycles. The summed E-state index contributed by atoms with van der Waals surface area (Å²) in [5.74, 6) is 0.921. The van der Waals surface area contributed by atoms with Crippen molar-refractivity contribution in [2.75, 3.05) is 32.7 Å². The van der Waals surface area contributed by atoms with E-state index in [1.54, 1.807) is 0 Å². The molecule has 0 saturated carbocycles. The molecule has 0 aromatic heterocycles. The number of piperazine rings is 1. The maximum Gasteiger partial charge on any atom is 0.121 e. The molecule has 0 atom stereocenters. The molecule has 0 amide bonds. The summed E-state index contributed by atoms with van der Waals surface area (Å²) in [6.45, 7) is 9.61. The molecule has 1 aliphatic rings. The van der Waals surface area contributed by atoms with E-state index in [2.05, 4.69) is 40.0 Å². The van der Waals surface area contributed by atoms with Crippen LogP contribution in [0.4, 0.5) is 0 Å². The van der Waals surface area contributed by atoms with E-state index in [4.69, 9.17) is 4.74 Å². The SMILES string of the molecule is CC(C)(CN1CCNCC1)Oc1cccc(Br)c1. The van der Waals surface area contributed by atoms with Gasteiger partial charge in [0.25, 0.3) is 0 Å². The zero-order valence-corrected chi connectivity index (χ0v) is 12.7. The second-order valence-electron chi connectivity index (χ2n) is 5.35. The van der Waals surface area contributed by atoms with Crippen LogP contribution in [-0.4, -0.2) is 43.2 Å². The van der Waals surface area contributed by atoms with Crippen LogP contribution in [0.5, 0.6) is 5.75 Å². The van der Waals surface area contributed by atoms with Gasteiger partial charge in [0.15, 0.2) is 0 Å². The first kappa shape index (κ1) is 13.8. The van der Waals surface area contributed by atoms with Gasteiger partial charge in [-0.25, -0.2) is 0 Å². The Labute approximate surface area is 118 Å². The highest BCUT2D eigenvalue weighted by molar-refractivity contribution is 9.10. The zero-order valence-electron chi connectivity index (χ0n) is 11.1. The molecule has 100 valence electrons. The number of nitrogens with zero attached hydrogens (tertiary/aromatic N) is 1. The average Bonchev–Trinajstić information content (AvgIpc) is 2.28. The number of nitrogens with one attached hydrogen (secondary N) is 1. The molecule has 0 radical (unpaired) electrons. The summed E-state index contributed by atoms with van der Waals surface area (Å²) in [7, 11) is 0. The van der Waals surface area contributed by atoms with Gasteiger partial charge in [-0.1, -0.05) is 22.0 Å². The maximum absolute atomic E-state index is 6.09. The first-order valence-electron chi connectivity index (χ1n) is 6.43. The first-order valence-corrected chi connectivity index (χ1v) is 7.22. The van der Waals surface area contributed by atoms with Crippen molar-refractivity contribution in [2.45, 2.75) is 19.4 Å². The molecular formula is C14H21BrN2O. The number of ether oxygens (including phenoxy) is 1. The standard InChI is InChI=1S/C14H21BrN2O/c1-14(2,11-17-8-6-16-7-9-17)18-13-5-3-4-12(15)10-13/h3-5,10,16H,6-9,11H2,1-2H3. The predicted molar refractivity (Wildman–Crippen MR) is 78.2 cm³/mol. The van der Waals surface area contributed by atoms with Crippen LogP contribution >= 0.6 is 15.9 Å². The quantitative estimate of drug-likeness (QED) is 0.924. The summed E-state index contributed by atoms with van der Waals surface area (Å²) in [5, 5.41) is 3.37. The van der Waals surface area contributed by atoms with E-state index >= 15 is 0 Å². The third-order valence-corrected chi connectivity index (χ3v) is 3.50. The molecule has 18 heavy (non-hydrogen) atoms. The van der Waals surface area contributed by atoms with Gasteiger partial charge in [-0.15, -0.1) is 0 Å². The van der Waals surface area contributed by atoms with Gasteiger partial charge in [0.2, 0.25) is 0 Å². The van der Waals surface area contributed by atoms with Crippen molar-refractivity contribution < 1.29 is 4.74 Å². The van der Waals surface area contributed by atoms with E-state index in [0.717, 1.165) is 42.9 Å². The lowest BCUT2D eigenvalue weighted by atomic mass is 10.1. The topological polar surface area (TPSA) is 24.5 Å². The minimum absolute atomic E-state index is 0.169. The van der Waals surface area contributed by atoms with Crippen LogP contribution in [-0.2, 0) is 0 Å². The lowest BCUT2D eigenvalue weighted by Crippen LogP contribution is -2.50. The van der Waals surface area contributed by atoms with Crippen LogP contribution in [0.2, 0.25) is 0 Å². The average molecular weight is 313 g/mol. The van der Waals surface area contributed by atoms with E-state index in [9.17, 15) is 0 Å². The van der Waals surface area contributed by atoms with E-state index < -0.39 is 0 Å². The Morgan fingerprint density at radius 2 is 2.06 bits per heavy atom. The highest BCUT2D eigenvalue weighted by atomic mass is 79.9. The third kappa shape index (κ3) is 4.26. The van der Waals surface area contributed by atoms with Crippen LogP contribution in [0.1, 0.15) is 13.8 Å². The summed E-state index contributed by atoms with van der Waals surface area (Å²) in [6.07, 6.45) is 0. The Balaban J connectivity index is 1.93. The smallest absolute Gasteiger partial charge is 0.121 e. The van der Waals surface area contributed by atoms with Crippen molar-refractivity contribution >= 4 is 15.9 Å². The number of benzene rings is 1. The molecule has 4 heteroatoms. The monoisotopic (exact) mass is 312 g/mol. The fourth-order valence-corrected chi connectivity index (χ4v) is 2.67. The van der Waals surface area contributed by atoms with E-state index in [1.165, 1.54) is 0 Å². The van der Waals surface area contributed by atoms with Gasteiger partial charge in [-0.05, 0) is 32.0 Å². The molecule has 2 rings (SSSR count). The van der Waals surface area contributed by atoms with Gasteiger partial charge in [0, 0.05) is 37.2 Å². The van der Waals surface area contributed by atoms with E-state index in [0.29, 0.717) is 0 Å². The Hall–Kier alpha value is -0.580. The fourth-order valence-electron chi connectivity index (χ4n) is 2.29. The van der Waals surface area contributed by atoms with Crippen molar-refractivity contribution in [3.63, 3.8) is 0 Å². The number of hydrogen-bond acceptors (Lipinski definition) is 3. The molecule has 0 unspecified atom stereocenters. The molecule has 1 N–H and O–H groups in total. The highest BCUT2D eigenvalue weighted by Gasteiger charge is 2.24. The van der Waals surface area contributed by atoms with Crippen LogP contribution < -0.4 is 10.1 Å². The van der Waals surface area contributed by atoms with Crippen molar-refractivity contribution in [1.29, 1.82) is 0 Å². The van der Waals surface area contributed by atoms with Crippen molar-refractivity contribution in [2.24, 2.45) is 0 Å². The maximum atomic E-state index is 6.09. The summed E-state index contributed by atoms with van der Waals surface area (Å²) < 4.78 is 7.15. The zero-order chi connectivity index (χ0) is 13.0. The minimum Gasteiger partial charge on any atom is -0.486 e. The lowest BCUT2D eigenvalue weighted by Gasteiger charge is -2.35. The molecule has 1 saturated heterocycles. The molecule has 1 fully saturated rings. The second-order valence-corrected chi connectivity index (χ2v) is 6.26. The largest absolute Gasteiger partial charge is 0.486 e. The molecule has 0 aliphatic carbocycles. The molecule has 3 nitrogen and oxygen atoms in total. The van der Waals surface area contributed by atoms with Crippen LogP contribution in [0.25, 0.3) is 0 Å². The molecular weight excluding hydrogens is 292 g/mol. The Bertz CT molecular complexity index is 389. The predicted octanol–water partition coefficient (Wildman–Crippen LogP) is 2.51. The normalized spacial score (nSPS) is 17.7. The summed E-state index contributed by atoms with van der Waals surface area (Å²) in [6, 6.07) is 8.03. The summed E-state index contributed by atoms with van der Waals surface area (Å²) in [4.78, 5) is 2.45. The molecule has 0 spiro atoms. The fraction of sp³-hybridized carbons (Fsp3) is 0.571. The Morgan fingerprint density at radius 3 is 2.72 bits per heavy atom. The van der Waals surface area contributed by atoms with Gasteiger partial charge in [0.1, 0.15) is 11.4 Å². The Morgan fingerprint density at radius 1 is 1.33 bits per heavy atom. The number of halogens is 1. The summed E-state index contributed by atoms with van der Waals surface area (Å²) >= 11 is 3.47. The van der Waals surface area contributed by atoms with Crippen LogP contribution in [0, 0.1) is 0 Å². The Kier molecular flexibility index (Phi) is 4.65. The number of hydrogen-bond donors (Lipinski definition) is 1. The first-order chi connectivity index (χ1) is 8.55.